The molecule has 0 radical (unpaired) electrons. The van der Waals surface area contributed by atoms with E-state index in [9.17, 15) is 34.8 Å². The second kappa shape index (κ2) is 24.9. The van der Waals surface area contributed by atoms with Crippen LogP contribution in [0.4, 0.5) is 0 Å². The zero-order chi connectivity index (χ0) is 54.2. The van der Waals surface area contributed by atoms with Gasteiger partial charge >= 0.3 is 11.9 Å². The van der Waals surface area contributed by atoms with Crippen molar-refractivity contribution in [2.24, 2.45) is 0 Å². The summed E-state index contributed by atoms with van der Waals surface area (Å²) in [5, 5.41) is 10.7. The number of carboxylic acids is 1. The number of aromatic nitrogens is 3. The van der Waals surface area contributed by atoms with E-state index in [4.69, 9.17) is 38.3 Å². The van der Waals surface area contributed by atoms with Gasteiger partial charge in [-0.05, 0) is 109 Å². The Morgan fingerprint density at radius 3 is 1.12 bits per heavy atom. The molecular formula is C55H59N3O16S3. The number of ether oxygens (including phenoxy) is 7. The lowest BCUT2D eigenvalue weighted by atomic mass is 10.2. The summed E-state index contributed by atoms with van der Waals surface area (Å²) < 4.78 is 116. The van der Waals surface area contributed by atoms with Crippen LogP contribution in [0.15, 0.2) is 175 Å². The van der Waals surface area contributed by atoms with Crippen molar-refractivity contribution in [1.82, 2.24) is 14.1 Å². The number of sulfone groups is 3. The van der Waals surface area contributed by atoms with Crippen LogP contribution in [0.5, 0.6) is 34.5 Å². The first kappa shape index (κ1) is 59.4. The summed E-state index contributed by atoms with van der Waals surface area (Å²) >= 11 is 0. The number of aliphatic carboxylic acids is 1. The molecule has 0 unspecified atom stereocenters. The van der Waals surface area contributed by atoms with Gasteiger partial charge in [-0.15, -0.1) is 0 Å². The van der Waals surface area contributed by atoms with E-state index >= 15 is 0 Å². The maximum Gasteiger partial charge on any atom is 0.325 e. The third-order valence-corrected chi connectivity index (χ3v) is 17.2. The van der Waals surface area contributed by atoms with Crippen molar-refractivity contribution >= 4 is 74.2 Å². The maximum atomic E-state index is 13.2. The first-order chi connectivity index (χ1) is 35.8. The number of fused-ring (bicyclic) bond motifs is 3. The topological polar surface area (TPSA) is 247 Å². The van der Waals surface area contributed by atoms with Gasteiger partial charge < -0.3 is 52.4 Å². The lowest BCUT2D eigenvalue weighted by Crippen LogP contribution is -2.10. The number of aromatic amines is 1. The predicted octanol–water partition coefficient (Wildman–Crippen LogP) is 9.53. The van der Waals surface area contributed by atoms with E-state index in [1.807, 2.05) is 0 Å². The Morgan fingerprint density at radius 2 is 0.766 bits per heavy atom. The molecule has 19 nitrogen and oxygen atoms in total. The molecule has 0 saturated carbocycles. The van der Waals surface area contributed by atoms with Crippen molar-refractivity contribution < 1.29 is 73.1 Å². The Labute approximate surface area is 446 Å². The van der Waals surface area contributed by atoms with E-state index in [0.29, 0.717) is 67.2 Å². The number of nitrogens with one attached hydrogen (secondary N) is 1. The van der Waals surface area contributed by atoms with Crippen LogP contribution in [0.1, 0.15) is 14.9 Å². The van der Waals surface area contributed by atoms with Crippen LogP contribution in [-0.2, 0) is 56.9 Å². The number of carbonyl (C=O) groups is 2. The first-order valence-electron chi connectivity index (χ1n) is 22.3. The zero-order valence-electron chi connectivity index (χ0n) is 41.5. The summed E-state index contributed by atoms with van der Waals surface area (Å²) in [6, 6.07) is 33.7. The van der Waals surface area contributed by atoms with E-state index in [2.05, 4.69) is 4.98 Å². The highest BCUT2D eigenvalue weighted by molar-refractivity contribution is 7.92. The highest BCUT2D eigenvalue weighted by Crippen LogP contribution is 2.36. The molecule has 22 heteroatoms. The number of rotatable bonds is 16. The molecular weight excluding hydrogens is 1050 g/mol. The Bertz CT molecular complexity index is 3870. The number of hydrogen-bond donors (Lipinski definition) is 2. The number of hydrogen-bond acceptors (Lipinski definition) is 15. The van der Waals surface area contributed by atoms with Crippen molar-refractivity contribution in [3.63, 3.8) is 0 Å². The molecule has 9 rings (SSSR count). The fourth-order valence-corrected chi connectivity index (χ4v) is 12.2. The van der Waals surface area contributed by atoms with Crippen LogP contribution in [0.2, 0.25) is 0 Å². The lowest BCUT2D eigenvalue weighted by molar-refractivity contribution is -0.141. The van der Waals surface area contributed by atoms with Crippen LogP contribution < -0.4 is 28.4 Å². The SMILES string of the molecule is C.C.COC(=O)Cn1cc(S(=O)(=O)c2ccc(OC)cc2)c2ccc(OC)cc21.COc1ccc(S(=O)(=O)c2c[nH]c3cc(OC)ccc23)cc1.COc1ccc(S(=O)(=O)c2cn(CC(=O)O)c3cc(OC)ccc23)cc1. The van der Waals surface area contributed by atoms with Gasteiger partial charge in [0.25, 0.3) is 0 Å². The van der Waals surface area contributed by atoms with Gasteiger partial charge in [0, 0.05) is 52.9 Å². The molecule has 0 atom stereocenters. The van der Waals surface area contributed by atoms with Crippen LogP contribution in [0.25, 0.3) is 32.7 Å². The van der Waals surface area contributed by atoms with Crippen LogP contribution in [0.3, 0.4) is 0 Å². The smallest absolute Gasteiger partial charge is 0.325 e. The van der Waals surface area contributed by atoms with Gasteiger partial charge in [0.05, 0.1) is 95.7 Å². The Kier molecular flexibility index (Phi) is 19.2. The standard InChI is InChI=1S/C19H19NO6S.C18H17NO6S.C16H15NO4S.2CH4/c1-24-13-4-7-15(8-5-13)27(22,23)18-11-20(12-19(21)26-3)17-10-14(25-2)6-9-16(17)18;1-24-12-3-6-14(7-4-12)26(22,23)17-10-19(11-18(20)21)16-9-13(25-2)5-8-15(16)17;1-20-11-3-6-13(7-4-11)22(18,19)16-10-17-15-9-12(21-2)5-8-14(15)16;;/h4-11H,12H2,1-3H3;3-10H,11H2,1-2H3,(H,20,21);3-10,17H,1-2H3;2*1H4. The van der Waals surface area contributed by atoms with Gasteiger partial charge in [-0.1, -0.05) is 14.9 Å². The highest BCUT2D eigenvalue weighted by Gasteiger charge is 2.27. The van der Waals surface area contributed by atoms with Crippen LogP contribution >= 0.6 is 0 Å². The molecule has 6 aromatic carbocycles. The van der Waals surface area contributed by atoms with Crippen molar-refractivity contribution in [3.8, 4) is 34.5 Å². The Morgan fingerprint density at radius 1 is 0.442 bits per heavy atom. The molecule has 0 saturated heterocycles. The largest absolute Gasteiger partial charge is 0.497 e. The normalized spacial score (nSPS) is 11.2. The van der Waals surface area contributed by atoms with Crippen LogP contribution in [0, 0.1) is 0 Å². The minimum absolute atomic E-state index is 0. The monoisotopic (exact) mass is 1110 g/mol. The van der Waals surface area contributed by atoms with Crippen molar-refractivity contribution in [1.29, 1.82) is 0 Å². The number of benzene rings is 6. The minimum atomic E-state index is -3.84. The zero-order valence-corrected chi connectivity index (χ0v) is 43.9. The number of H-pyrrole nitrogens is 1. The maximum absolute atomic E-state index is 13.2. The van der Waals surface area contributed by atoms with E-state index in [0.717, 1.165) is 0 Å². The van der Waals surface area contributed by atoms with E-state index in [-0.39, 0.29) is 57.3 Å². The Hall–Kier alpha value is -8.47. The molecule has 0 aliphatic rings. The van der Waals surface area contributed by atoms with Gasteiger partial charge in [0.1, 0.15) is 47.6 Å². The lowest BCUT2D eigenvalue weighted by Gasteiger charge is -2.05. The highest BCUT2D eigenvalue weighted by atomic mass is 32.2. The average Bonchev–Trinajstić information content (AvgIpc) is 4.15. The molecule has 3 heterocycles. The second-order valence-electron chi connectivity index (χ2n) is 16.1. The van der Waals surface area contributed by atoms with Gasteiger partial charge in [0.2, 0.25) is 29.5 Å². The molecule has 0 fully saturated rings. The first-order valence-corrected chi connectivity index (χ1v) is 26.7. The quantitative estimate of drug-likeness (QED) is 0.0855. The van der Waals surface area contributed by atoms with E-state index in [1.165, 1.54) is 102 Å². The van der Waals surface area contributed by atoms with Crippen LogP contribution in [-0.4, -0.2) is 106 Å². The van der Waals surface area contributed by atoms with Gasteiger partial charge in [-0.25, -0.2) is 25.3 Å². The van der Waals surface area contributed by atoms with E-state index in [1.54, 1.807) is 103 Å². The van der Waals surface area contributed by atoms with E-state index < -0.39 is 41.5 Å². The molecule has 0 spiro atoms. The third kappa shape index (κ3) is 12.6. The fourth-order valence-electron chi connectivity index (χ4n) is 7.84. The van der Waals surface area contributed by atoms with Crippen molar-refractivity contribution in [2.45, 2.75) is 57.3 Å². The van der Waals surface area contributed by atoms with Gasteiger partial charge in [0.15, 0.2) is 0 Å². The summed E-state index contributed by atoms with van der Waals surface area (Å²) in [7, 11) is -0.831. The molecule has 9 aromatic rings. The minimum Gasteiger partial charge on any atom is -0.497 e. The molecule has 3 aromatic heterocycles. The number of carbonyl (C=O) groups excluding carboxylic acids is 1. The Balaban J connectivity index is 0.000000211. The third-order valence-electron chi connectivity index (χ3n) is 11.8. The molecule has 0 bridgehead atoms. The molecule has 408 valence electrons. The molecule has 77 heavy (non-hydrogen) atoms. The summed E-state index contributed by atoms with van der Waals surface area (Å²) in [4.78, 5) is 26.7. The molecule has 0 amide bonds. The second-order valence-corrected chi connectivity index (χ2v) is 21.8. The molecule has 2 N–H and O–H groups in total. The fraction of sp³-hybridized carbons (Fsp3) is 0.200. The predicted molar refractivity (Wildman–Crippen MR) is 290 cm³/mol. The number of esters is 1. The summed E-state index contributed by atoms with van der Waals surface area (Å²) in [5.74, 6) is 1.90. The number of nitrogens with zero attached hydrogens (tertiary/aromatic N) is 2. The van der Waals surface area contributed by atoms with Crippen molar-refractivity contribution in [2.75, 3.05) is 49.8 Å². The van der Waals surface area contributed by atoms with Gasteiger partial charge in [-0.2, -0.15) is 0 Å². The molecule has 0 aliphatic carbocycles. The summed E-state index contributed by atoms with van der Waals surface area (Å²) in [5.41, 5.74) is 1.75. The van der Waals surface area contributed by atoms with Crippen molar-refractivity contribution in [3.05, 3.63) is 146 Å². The summed E-state index contributed by atoms with van der Waals surface area (Å²) in [6.45, 7) is -0.472. The average molecular weight is 1110 g/mol. The number of carboxylic acid groups (broad SMARTS) is 1. The molecule has 0 aliphatic heterocycles. The number of methoxy groups -OCH3 is 7. The summed E-state index contributed by atoms with van der Waals surface area (Å²) in [6.07, 6.45) is 4.29. The van der Waals surface area contributed by atoms with Gasteiger partial charge in [-0.3, -0.25) is 9.59 Å².